The number of hydrogen-bond acceptors (Lipinski definition) is 7. The van der Waals surface area contributed by atoms with Crippen molar-refractivity contribution in [3.63, 3.8) is 0 Å². The molecule has 1 amide bonds. The maximum atomic E-state index is 13.8. The van der Waals surface area contributed by atoms with Crippen LogP contribution in [-0.4, -0.2) is 68.2 Å². The minimum atomic E-state index is -0.753. The molecule has 1 atom stereocenters. The second-order valence-corrected chi connectivity index (χ2v) is 9.26. The summed E-state index contributed by atoms with van der Waals surface area (Å²) < 4.78 is 1.95. The highest BCUT2D eigenvalue weighted by Crippen LogP contribution is 2.40. The highest BCUT2D eigenvalue weighted by Gasteiger charge is 2.45. The molecule has 0 saturated heterocycles. The average molecular weight is 462 g/mol. The smallest absolute Gasteiger partial charge is 0.290 e. The first-order chi connectivity index (χ1) is 15.9. The van der Waals surface area contributed by atoms with E-state index >= 15 is 0 Å². The molecule has 5 rings (SSSR count). The molecular formula is C24H23N5O3S. The van der Waals surface area contributed by atoms with E-state index in [-0.39, 0.29) is 11.4 Å². The molecule has 0 saturated carbocycles. The van der Waals surface area contributed by atoms with Gasteiger partial charge in [-0.05, 0) is 45.3 Å². The van der Waals surface area contributed by atoms with Crippen molar-refractivity contribution in [1.29, 1.82) is 0 Å². The number of nitrogens with zero attached hydrogens (tertiary/aromatic N) is 5. The van der Waals surface area contributed by atoms with Crippen molar-refractivity contribution in [2.24, 2.45) is 0 Å². The van der Waals surface area contributed by atoms with Crippen LogP contribution in [0, 0.1) is 6.92 Å². The molecule has 1 aliphatic rings. The summed E-state index contributed by atoms with van der Waals surface area (Å²) in [4.78, 5) is 40.5. The van der Waals surface area contributed by atoms with Gasteiger partial charge in [-0.15, -0.1) is 0 Å². The third-order valence-electron chi connectivity index (χ3n) is 5.90. The lowest BCUT2D eigenvalue weighted by Gasteiger charge is -2.27. The summed E-state index contributed by atoms with van der Waals surface area (Å²) in [7, 11) is 3.82. The monoisotopic (exact) mass is 461 g/mol. The lowest BCUT2D eigenvalue weighted by atomic mass is 9.98. The highest BCUT2D eigenvalue weighted by molar-refractivity contribution is 7.19. The van der Waals surface area contributed by atoms with Crippen LogP contribution in [0.5, 0.6) is 0 Å². The standard InChI is InChI=1S/C24H23N5O3S/c1-14-22(33-24-26-15-8-4-5-10-17(15)29(14)24)20(30)18-19(16-9-6-7-11-25-16)28(13-12-27(2)3)23(32)21(18)31/h4-11,19,31H,12-13H2,1-3H3. The van der Waals surface area contributed by atoms with Gasteiger partial charge in [0.1, 0.15) is 6.04 Å². The predicted octanol–water partition coefficient (Wildman–Crippen LogP) is 3.39. The first-order valence-corrected chi connectivity index (χ1v) is 11.4. The fraction of sp³-hybridized carbons (Fsp3) is 0.250. The third kappa shape index (κ3) is 3.40. The fourth-order valence-electron chi connectivity index (χ4n) is 4.27. The Kier molecular flexibility index (Phi) is 5.22. The Hall–Kier alpha value is -3.56. The summed E-state index contributed by atoms with van der Waals surface area (Å²) in [5, 5.41) is 10.9. The average Bonchev–Trinajstić information content (AvgIpc) is 3.42. The maximum Gasteiger partial charge on any atom is 0.290 e. The Labute approximate surface area is 194 Å². The number of pyridine rings is 1. The molecule has 3 aromatic heterocycles. The summed E-state index contributed by atoms with van der Waals surface area (Å²) in [6.45, 7) is 2.80. The van der Waals surface area contributed by atoms with Crippen molar-refractivity contribution >= 4 is 39.0 Å². The van der Waals surface area contributed by atoms with Gasteiger partial charge < -0.3 is 14.9 Å². The zero-order valence-corrected chi connectivity index (χ0v) is 19.3. The van der Waals surface area contributed by atoms with Crippen LogP contribution in [0.4, 0.5) is 0 Å². The van der Waals surface area contributed by atoms with Gasteiger partial charge in [-0.3, -0.25) is 19.0 Å². The van der Waals surface area contributed by atoms with Gasteiger partial charge in [0, 0.05) is 25.0 Å². The number of carbonyl (C=O) groups is 2. The zero-order valence-electron chi connectivity index (χ0n) is 18.5. The van der Waals surface area contributed by atoms with Crippen LogP contribution in [0.3, 0.4) is 0 Å². The van der Waals surface area contributed by atoms with E-state index in [0.29, 0.717) is 28.6 Å². The van der Waals surface area contributed by atoms with E-state index in [0.717, 1.165) is 16.7 Å². The van der Waals surface area contributed by atoms with E-state index in [4.69, 9.17) is 0 Å². The number of thiazole rings is 1. The van der Waals surface area contributed by atoms with Crippen LogP contribution >= 0.6 is 11.3 Å². The van der Waals surface area contributed by atoms with Crippen LogP contribution < -0.4 is 0 Å². The Bertz CT molecular complexity index is 1420. The molecule has 4 aromatic rings. The van der Waals surface area contributed by atoms with Gasteiger partial charge >= 0.3 is 0 Å². The predicted molar refractivity (Wildman–Crippen MR) is 127 cm³/mol. The highest BCUT2D eigenvalue weighted by atomic mass is 32.1. The molecule has 8 nitrogen and oxygen atoms in total. The van der Waals surface area contributed by atoms with Crippen molar-refractivity contribution in [2.45, 2.75) is 13.0 Å². The summed E-state index contributed by atoms with van der Waals surface area (Å²) in [5.41, 5.74) is 3.10. The van der Waals surface area contributed by atoms with Gasteiger partial charge in [-0.2, -0.15) is 0 Å². The molecule has 1 aliphatic heterocycles. The lowest BCUT2D eigenvalue weighted by molar-refractivity contribution is -0.129. The van der Waals surface area contributed by atoms with Gasteiger partial charge in [-0.1, -0.05) is 29.5 Å². The summed E-state index contributed by atoms with van der Waals surface area (Å²) in [6, 6.07) is 12.3. The van der Waals surface area contributed by atoms with E-state index in [1.807, 2.05) is 60.7 Å². The van der Waals surface area contributed by atoms with E-state index in [9.17, 15) is 14.7 Å². The third-order valence-corrected chi connectivity index (χ3v) is 7.04. The van der Waals surface area contributed by atoms with E-state index in [1.165, 1.54) is 16.2 Å². The number of likely N-dealkylation sites (N-methyl/N-ethyl adjacent to an activating group) is 1. The molecule has 0 aliphatic carbocycles. The van der Waals surface area contributed by atoms with Gasteiger partial charge in [0.15, 0.2) is 10.7 Å². The number of Topliss-reactive ketones (excluding diaryl/α,β-unsaturated/α-hetero) is 1. The van der Waals surface area contributed by atoms with Crippen molar-refractivity contribution in [3.8, 4) is 0 Å². The second-order valence-electron chi connectivity index (χ2n) is 8.29. The SMILES string of the molecule is Cc1c(C(=O)C2=C(O)C(=O)N(CCN(C)C)C2c2ccccn2)sc2nc3ccccc3n12. The Morgan fingerprint density at radius 1 is 1.18 bits per heavy atom. The first kappa shape index (κ1) is 21.3. The van der Waals surface area contributed by atoms with Crippen LogP contribution in [0.15, 0.2) is 60.0 Å². The molecule has 0 radical (unpaired) electrons. The number of aliphatic hydroxyl groups excluding tert-OH is 1. The summed E-state index contributed by atoms with van der Waals surface area (Å²) >= 11 is 1.26. The van der Waals surface area contributed by atoms with Crippen molar-refractivity contribution < 1.29 is 14.7 Å². The van der Waals surface area contributed by atoms with Crippen molar-refractivity contribution in [3.05, 3.63) is 76.3 Å². The Balaban J connectivity index is 1.62. The molecule has 1 N–H and O–H groups in total. The molecule has 168 valence electrons. The largest absolute Gasteiger partial charge is 0.503 e. The van der Waals surface area contributed by atoms with Gasteiger partial charge in [0.2, 0.25) is 5.78 Å². The van der Waals surface area contributed by atoms with E-state index in [1.54, 1.807) is 18.3 Å². The van der Waals surface area contributed by atoms with Gasteiger partial charge in [0.05, 0.1) is 27.2 Å². The van der Waals surface area contributed by atoms with Crippen molar-refractivity contribution in [1.82, 2.24) is 24.2 Å². The number of benzene rings is 1. The molecule has 1 aromatic carbocycles. The molecule has 0 bridgehead atoms. The first-order valence-electron chi connectivity index (χ1n) is 10.6. The number of rotatable bonds is 6. The minimum Gasteiger partial charge on any atom is -0.503 e. The number of para-hydroxylation sites is 2. The Morgan fingerprint density at radius 2 is 1.94 bits per heavy atom. The minimum absolute atomic E-state index is 0.0642. The molecule has 9 heteroatoms. The molecule has 0 fully saturated rings. The number of hydrogen-bond donors (Lipinski definition) is 1. The van der Waals surface area contributed by atoms with Crippen molar-refractivity contribution in [2.75, 3.05) is 27.2 Å². The fourth-order valence-corrected chi connectivity index (χ4v) is 5.36. The van der Waals surface area contributed by atoms with Gasteiger partial charge in [0.25, 0.3) is 5.91 Å². The number of amides is 1. The second kappa shape index (κ2) is 8.09. The van der Waals surface area contributed by atoms with E-state index < -0.39 is 17.7 Å². The molecule has 4 heterocycles. The molecule has 33 heavy (non-hydrogen) atoms. The molecular weight excluding hydrogens is 438 g/mol. The summed E-state index contributed by atoms with van der Waals surface area (Å²) in [6.07, 6.45) is 1.62. The number of aromatic nitrogens is 3. The van der Waals surface area contributed by atoms with Gasteiger partial charge in [-0.25, -0.2) is 4.98 Å². The number of fused-ring (bicyclic) bond motifs is 3. The quantitative estimate of drug-likeness (QED) is 0.443. The topological polar surface area (TPSA) is 91.0 Å². The summed E-state index contributed by atoms with van der Waals surface area (Å²) in [5.74, 6) is -1.44. The van der Waals surface area contributed by atoms with Crippen LogP contribution in [0.1, 0.15) is 27.1 Å². The number of aryl methyl sites for hydroxylation is 1. The number of aliphatic hydroxyl groups is 1. The number of ketones is 1. The number of carbonyl (C=O) groups excluding carboxylic acids is 2. The van der Waals surface area contributed by atoms with Crippen LogP contribution in [0.25, 0.3) is 16.0 Å². The Morgan fingerprint density at radius 3 is 2.67 bits per heavy atom. The zero-order chi connectivity index (χ0) is 23.3. The van der Waals surface area contributed by atoms with E-state index in [2.05, 4.69) is 9.97 Å². The maximum absolute atomic E-state index is 13.8. The lowest BCUT2D eigenvalue weighted by Crippen LogP contribution is -2.37. The van der Waals surface area contributed by atoms with Crippen LogP contribution in [-0.2, 0) is 4.79 Å². The molecule has 0 spiro atoms. The normalized spacial score (nSPS) is 16.7. The molecule has 1 unspecified atom stereocenters. The van der Waals surface area contributed by atoms with Crippen LogP contribution in [0.2, 0.25) is 0 Å². The number of imidazole rings is 1.